The number of hydrogen-bond acceptors (Lipinski definition) is 4. The van der Waals surface area contributed by atoms with Gasteiger partial charge in [0.1, 0.15) is 5.75 Å². The predicted molar refractivity (Wildman–Crippen MR) is 97.8 cm³/mol. The molecule has 2 aromatic rings. The van der Waals surface area contributed by atoms with E-state index in [9.17, 15) is 9.59 Å². The van der Waals surface area contributed by atoms with Crippen LogP contribution in [0.4, 0.5) is 0 Å². The number of methoxy groups -OCH3 is 1. The molecule has 0 aromatic heterocycles. The summed E-state index contributed by atoms with van der Waals surface area (Å²) >= 11 is 0. The van der Waals surface area contributed by atoms with E-state index in [1.165, 1.54) is 0 Å². The van der Waals surface area contributed by atoms with Crippen LogP contribution >= 0.6 is 0 Å². The van der Waals surface area contributed by atoms with Gasteiger partial charge in [-0.1, -0.05) is 18.2 Å². The first-order valence-electron chi connectivity index (χ1n) is 8.69. The van der Waals surface area contributed by atoms with Crippen LogP contribution < -0.4 is 10.5 Å². The normalized spacial score (nSPS) is 18.2. The zero-order valence-electron chi connectivity index (χ0n) is 14.5. The molecule has 5 heteroatoms. The zero-order chi connectivity index (χ0) is 17.8. The van der Waals surface area contributed by atoms with Crippen molar-refractivity contribution >= 4 is 22.5 Å². The Bertz CT molecular complexity index is 788. The summed E-state index contributed by atoms with van der Waals surface area (Å²) in [5.74, 6) is 0.682. The maximum Gasteiger partial charge on any atom is 0.218 e. The summed E-state index contributed by atoms with van der Waals surface area (Å²) in [6.07, 6.45) is 2.21. The van der Waals surface area contributed by atoms with Crippen molar-refractivity contribution in [3.8, 4) is 5.75 Å². The lowest BCUT2D eigenvalue weighted by atomic mass is 9.89. The second-order valence-electron chi connectivity index (χ2n) is 6.65. The number of carbonyl (C=O) groups is 2. The highest BCUT2D eigenvalue weighted by Crippen LogP contribution is 2.25. The molecule has 25 heavy (non-hydrogen) atoms. The third kappa shape index (κ3) is 4.17. The van der Waals surface area contributed by atoms with Gasteiger partial charge in [0.05, 0.1) is 7.11 Å². The number of ketones is 1. The fraction of sp³-hybridized carbons (Fsp3) is 0.400. The minimum Gasteiger partial charge on any atom is -0.497 e. The molecule has 1 amide bonds. The molecule has 1 atom stereocenters. The van der Waals surface area contributed by atoms with E-state index in [-0.39, 0.29) is 17.6 Å². The molecule has 1 aliphatic rings. The molecule has 1 heterocycles. The van der Waals surface area contributed by atoms with Crippen LogP contribution in [-0.2, 0) is 4.79 Å². The average molecular weight is 340 g/mol. The number of carbonyl (C=O) groups excluding carboxylic acids is 2. The van der Waals surface area contributed by atoms with Crippen LogP contribution in [0.5, 0.6) is 5.75 Å². The maximum absolute atomic E-state index is 12.9. The molecule has 132 valence electrons. The van der Waals surface area contributed by atoms with Gasteiger partial charge in [0, 0.05) is 31.0 Å². The lowest BCUT2D eigenvalue weighted by molar-refractivity contribution is -0.118. The van der Waals surface area contributed by atoms with Gasteiger partial charge in [-0.2, -0.15) is 0 Å². The van der Waals surface area contributed by atoms with Crippen molar-refractivity contribution < 1.29 is 14.3 Å². The first-order chi connectivity index (χ1) is 12.1. The molecule has 0 spiro atoms. The molecule has 0 unspecified atom stereocenters. The lowest BCUT2D eigenvalue weighted by Gasteiger charge is -2.31. The minimum absolute atomic E-state index is 0.0164. The number of rotatable bonds is 6. The predicted octanol–water partition coefficient (Wildman–Crippen LogP) is 2.62. The third-order valence-electron chi connectivity index (χ3n) is 4.88. The molecule has 2 N–H and O–H groups in total. The smallest absolute Gasteiger partial charge is 0.218 e. The summed E-state index contributed by atoms with van der Waals surface area (Å²) < 4.78 is 5.24. The number of amides is 1. The van der Waals surface area contributed by atoms with Crippen LogP contribution in [-0.4, -0.2) is 43.3 Å². The number of nitrogens with two attached hydrogens (primary N) is 1. The Morgan fingerprint density at radius 2 is 1.96 bits per heavy atom. The maximum atomic E-state index is 12.9. The van der Waals surface area contributed by atoms with Crippen LogP contribution in [0, 0.1) is 5.92 Å². The minimum atomic E-state index is -0.293. The first-order valence-corrected chi connectivity index (χ1v) is 8.69. The Morgan fingerprint density at radius 1 is 1.20 bits per heavy atom. The average Bonchev–Trinajstić information content (AvgIpc) is 2.65. The van der Waals surface area contributed by atoms with Gasteiger partial charge >= 0.3 is 0 Å². The van der Waals surface area contributed by atoms with Crippen molar-refractivity contribution in [2.75, 3.05) is 26.7 Å². The van der Waals surface area contributed by atoms with Gasteiger partial charge in [-0.15, -0.1) is 0 Å². The molecule has 0 aliphatic carbocycles. The fourth-order valence-corrected chi connectivity index (χ4v) is 3.48. The molecule has 0 bridgehead atoms. The van der Waals surface area contributed by atoms with Gasteiger partial charge in [0.25, 0.3) is 0 Å². The number of Topliss-reactive ketones (excluding diaryl/α,β-unsaturated/α-hetero) is 1. The molecular formula is C20H24N2O3. The molecule has 1 saturated heterocycles. The van der Waals surface area contributed by atoms with Gasteiger partial charge < -0.3 is 15.4 Å². The second kappa shape index (κ2) is 7.66. The summed E-state index contributed by atoms with van der Waals surface area (Å²) in [5, 5.41) is 2.09. The first kappa shape index (κ1) is 17.4. The Hall–Kier alpha value is -2.40. The molecule has 5 nitrogen and oxygen atoms in total. The SMILES string of the molecule is COc1ccc2cc(C(=O)[C@H]3CCCN(CCC(N)=O)C3)ccc2c1. The summed E-state index contributed by atoms with van der Waals surface area (Å²) in [7, 11) is 1.64. The van der Waals surface area contributed by atoms with E-state index in [0.717, 1.165) is 41.5 Å². The second-order valence-corrected chi connectivity index (χ2v) is 6.65. The monoisotopic (exact) mass is 340 g/mol. The zero-order valence-corrected chi connectivity index (χ0v) is 14.5. The number of benzene rings is 2. The number of likely N-dealkylation sites (tertiary alicyclic amines) is 1. The molecule has 0 radical (unpaired) electrons. The van der Waals surface area contributed by atoms with Gasteiger partial charge in [0.15, 0.2) is 5.78 Å². The van der Waals surface area contributed by atoms with Crippen LogP contribution in [0.1, 0.15) is 29.6 Å². The van der Waals surface area contributed by atoms with Crippen molar-refractivity contribution in [2.45, 2.75) is 19.3 Å². The highest BCUT2D eigenvalue weighted by molar-refractivity contribution is 6.01. The summed E-state index contributed by atoms with van der Waals surface area (Å²) in [4.78, 5) is 26.0. The topological polar surface area (TPSA) is 72.6 Å². The Balaban J connectivity index is 1.73. The molecule has 1 aliphatic heterocycles. The van der Waals surface area contributed by atoms with Crippen molar-refractivity contribution in [3.63, 3.8) is 0 Å². The highest BCUT2D eigenvalue weighted by Gasteiger charge is 2.26. The van der Waals surface area contributed by atoms with E-state index in [1.54, 1.807) is 7.11 Å². The largest absolute Gasteiger partial charge is 0.497 e. The lowest BCUT2D eigenvalue weighted by Crippen LogP contribution is -2.40. The Kier molecular flexibility index (Phi) is 5.34. The van der Waals surface area contributed by atoms with Crippen molar-refractivity contribution in [1.82, 2.24) is 4.90 Å². The highest BCUT2D eigenvalue weighted by atomic mass is 16.5. The number of nitrogens with zero attached hydrogens (tertiary/aromatic N) is 1. The van der Waals surface area contributed by atoms with Crippen molar-refractivity contribution in [3.05, 3.63) is 42.0 Å². The van der Waals surface area contributed by atoms with Gasteiger partial charge in [-0.05, 0) is 48.4 Å². The Labute approximate surface area is 147 Å². The van der Waals surface area contributed by atoms with E-state index in [4.69, 9.17) is 10.5 Å². The van der Waals surface area contributed by atoms with Crippen LogP contribution in [0.2, 0.25) is 0 Å². The standard InChI is InChI=1S/C20H24N2O3/c1-25-18-7-6-14-11-16(5-4-15(14)12-18)20(24)17-3-2-9-22(13-17)10-8-19(21)23/h4-7,11-12,17H,2-3,8-10,13H2,1H3,(H2,21,23)/t17-/m0/s1. The molecule has 0 saturated carbocycles. The van der Waals surface area contributed by atoms with Crippen molar-refractivity contribution in [1.29, 1.82) is 0 Å². The van der Waals surface area contributed by atoms with E-state index in [2.05, 4.69) is 4.90 Å². The quantitative estimate of drug-likeness (QED) is 0.821. The number of hydrogen-bond donors (Lipinski definition) is 1. The molecule has 1 fully saturated rings. The van der Waals surface area contributed by atoms with Gasteiger partial charge in [-0.25, -0.2) is 0 Å². The van der Waals surface area contributed by atoms with E-state index in [0.29, 0.717) is 19.5 Å². The Morgan fingerprint density at radius 3 is 2.72 bits per heavy atom. The number of piperidine rings is 1. The van der Waals surface area contributed by atoms with Crippen LogP contribution in [0.3, 0.4) is 0 Å². The fourth-order valence-electron chi connectivity index (χ4n) is 3.48. The summed E-state index contributed by atoms with van der Waals surface area (Å²) in [5.41, 5.74) is 5.98. The van der Waals surface area contributed by atoms with Crippen LogP contribution in [0.15, 0.2) is 36.4 Å². The summed E-state index contributed by atoms with van der Waals surface area (Å²) in [6.45, 7) is 2.26. The molecule has 3 rings (SSSR count). The number of primary amides is 1. The number of fused-ring (bicyclic) bond motifs is 1. The van der Waals surface area contributed by atoms with Gasteiger partial charge in [-0.3, -0.25) is 9.59 Å². The van der Waals surface area contributed by atoms with Crippen LogP contribution in [0.25, 0.3) is 10.8 Å². The van der Waals surface area contributed by atoms with E-state index in [1.807, 2.05) is 36.4 Å². The van der Waals surface area contributed by atoms with Gasteiger partial charge in [0.2, 0.25) is 5.91 Å². The van der Waals surface area contributed by atoms with E-state index >= 15 is 0 Å². The van der Waals surface area contributed by atoms with E-state index < -0.39 is 0 Å². The molecular weight excluding hydrogens is 316 g/mol. The number of ether oxygens (including phenoxy) is 1. The third-order valence-corrected chi connectivity index (χ3v) is 4.88. The van der Waals surface area contributed by atoms with Crippen molar-refractivity contribution in [2.24, 2.45) is 11.7 Å². The molecule has 2 aromatic carbocycles. The summed E-state index contributed by atoms with van der Waals surface area (Å²) in [6, 6.07) is 11.7.